The first kappa shape index (κ1) is 11.3. The number of rotatable bonds is 2. The number of anilines is 1. The molecule has 4 N–H and O–H groups in total. The zero-order valence-corrected chi connectivity index (χ0v) is 9.03. The molecule has 0 fully saturated rings. The summed E-state index contributed by atoms with van der Waals surface area (Å²) >= 11 is 5.94. The van der Waals surface area contributed by atoms with Crippen LogP contribution in [-0.2, 0) is 5.54 Å². The minimum absolute atomic E-state index is 0.0469. The first-order valence-corrected chi connectivity index (χ1v) is 4.80. The van der Waals surface area contributed by atoms with Gasteiger partial charge in [0.1, 0.15) is 5.82 Å². The zero-order valence-electron chi connectivity index (χ0n) is 8.27. The lowest BCUT2D eigenvalue weighted by Gasteiger charge is -2.24. The SMILES string of the molecule is CCC(C)(N)c1cc(F)c(N)cc1Cl. The molecular formula is C10H14ClFN2. The van der Waals surface area contributed by atoms with Crippen LogP contribution in [-0.4, -0.2) is 0 Å². The van der Waals surface area contributed by atoms with Crippen molar-refractivity contribution in [2.45, 2.75) is 25.8 Å². The van der Waals surface area contributed by atoms with Crippen LogP contribution in [0, 0.1) is 5.82 Å². The summed E-state index contributed by atoms with van der Waals surface area (Å²) in [5.74, 6) is -0.477. The third-order valence-electron chi connectivity index (χ3n) is 2.44. The van der Waals surface area contributed by atoms with Gasteiger partial charge in [0, 0.05) is 10.6 Å². The first-order chi connectivity index (χ1) is 6.38. The van der Waals surface area contributed by atoms with Crippen molar-refractivity contribution >= 4 is 17.3 Å². The van der Waals surface area contributed by atoms with E-state index in [9.17, 15) is 4.39 Å². The van der Waals surface area contributed by atoms with Crippen LogP contribution in [0.3, 0.4) is 0 Å². The molecule has 0 saturated heterocycles. The van der Waals surface area contributed by atoms with Crippen molar-refractivity contribution < 1.29 is 4.39 Å². The van der Waals surface area contributed by atoms with Gasteiger partial charge in [-0.2, -0.15) is 0 Å². The molecule has 78 valence electrons. The van der Waals surface area contributed by atoms with Crippen molar-refractivity contribution in [3.05, 3.63) is 28.5 Å². The summed E-state index contributed by atoms with van der Waals surface area (Å²) in [6, 6.07) is 2.70. The molecule has 0 spiro atoms. The number of hydrogen-bond acceptors (Lipinski definition) is 2. The van der Waals surface area contributed by atoms with Gasteiger partial charge in [-0.3, -0.25) is 0 Å². The van der Waals surface area contributed by atoms with Crippen molar-refractivity contribution in [1.82, 2.24) is 0 Å². The van der Waals surface area contributed by atoms with E-state index in [2.05, 4.69) is 0 Å². The molecule has 0 aliphatic heterocycles. The van der Waals surface area contributed by atoms with Gasteiger partial charge in [-0.25, -0.2) is 4.39 Å². The highest BCUT2D eigenvalue weighted by Crippen LogP contribution is 2.31. The topological polar surface area (TPSA) is 52.0 Å². The fourth-order valence-electron chi connectivity index (χ4n) is 1.19. The second-order valence-electron chi connectivity index (χ2n) is 3.62. The fourth-order valence-corrected chi connectivity index (χ4v) is 1.58. The number of nitrogen functional groups attached to an aromatic ring is 1. The Balaban J connectivity index is 3.29. The minimum Gasteiger partial charge on any atom is -0.396 e. The van der Waals surface area contributed by atoms with Gasteiger partial charge in [0.2, 0.25) is 0 Å². The number of halogens is 2. The molecule has 0 aromatic heterocycles. The Hall–Kier alpha value is -0.800. The van der Waals surface area contributed by atoms with Gasteiger partial charge < -0.3 is 11.5 Å². The van der Waals surface area contributed by atoms with E-state index in [4.69, 9.17) is 23.1 Å². The predicted octanol–water partition coefficient (Wildman–Crippen LogP) is 2.65. The monoisotopic (exact) mass is 216 g/mol. The van der Waals surface area contributed by atoms with Crippen molar-refractivity contribution in [2.75, 3.05) is 5.73 Å². The van der Waals surface area contributed by atoms with Gasteiger partial charge in [-0.05, 0) is 31.0 Å². The molecule has 4 heteroatoms. The van der Waals surface area contributed by atoms with E-state index in [1.807, 2.05) is 13.8 Å². The van der Waals surface area contributed by atoms with Crippen LogP contribution >= 0.6 is 11.6 Å². The maximum absolute atomic E-state index is 13.2. The van der Waals surface area contributed by atoms with Crippen molar-refractivity contribution in [2.24, 2.45) is 5.73 Å². The molecule has 1 unspecified atom stereocenters. The van der Waals surface area contributed by atoms with Crippen LogP contribution in [0.15, 0.2) is 12.1 Å². The van der Waals surface area contributed by atoms with Crippen molar-refractivity contribution in [3.63, 3.8) is 0 Å². The Morgan fingerprint density at radius 1 is 1.50 bits per heavy atom. The van der Waals surface area contributed by atoms with Gasteiger partial charge in [0.25, 0.3) is 0 Å². The summed E-state index contributed by atoms with van der Waals surface area (Å²) in [5.41, 5.74) is 11.4. The van der Waals surface area contributed by atoms with E-state index in [-0.39, 0.29) is 5.69 Å². The Labute approximate surface area is 88.0 Å². The Morgan fingerprint density at radius 2 is 2.07 bits per heavy atom. The lowest BCUT2D eigenvalue weighted by Crippen LogP contribution is -2.32. The predicted molar refractivity (Wildman–Crippen MR) is 57.7 cm³/mol. The standard InChI is InChI=1S/C10H14ClFN2/c1-3-10(2,14)6-4-8(12)9(13)5-7(6)11/h4-5H,3,13-14H2,1-2H3. The summed E-state index contributed by atoms with van der Waals surface area (Å²) < 4.78 is 13.2. The highest BCUT2D eigenvalue weighted by molar-refractivity contribution is 6.31. The van der Waals surface area contributed by atoms with Crippen LogP contribution in [0.4, 0.5) is 10.1 Å². The molecule has 1 aromatic carbocycles. The maximum Gasteiger partial charge on any atom is 0.146 e. The summed E-state index contributed by atoms with van der Waals surface area (Å²) in [7, 11) is 0. The average molecular weight is 217 g/mol. The van der Waals surface area contributed by atoms with Gasteiger partial charge in [0.15, 0.2) is 0 Å². The molecule has 0 aliphatic rings. The average Bonchev–Trinajstić information content (AvgIpc) is 2.11. The third kappa shape index (κ3) is 1.99. The summed E-state index contributed by atoms with van der Waals surface area (Å²) in [4.78, 5) is 0. The van der Waals surface area contributed by atoms with Gasteiger partial charge >= 0.3 is 0 Å². The molecule has 14 heavy (non-hydrogen) atoms. The normalized spacial score (nSPS) is 15.2. The number of benzene rings is 1. The molecule has 2 nitrogen and oxygen atoms in total. The van der Waals surface area contributed by atoms with E-state index >= 15 is 0 Å². The molecule has 1 atom stereocenters. The molecular weight excluding hydrogens is 203 g/mol. The highest BCUT2D eigenvalue weighted by atomic mass is 35.5. The molecule has 1 aromatic rings. The van der Waals surface area contributed by atoms with E-state index in [1.54, 1.807) is 0 Å². The highest BCUT2D eigenvalue weighted by Gasteiger charge is 2.23. The maximum atomic E-state index is 13.2. The van der Waals surface area contributed by atoms with Crippen LogP contribution < -0.4 is 11.5 Å². The molecule has 1 rings (SSSR count). The van der Waals surface area contributed by atoms with E-state index < -0.39 is 11.4 Å². The summed E-state index contributed by atoms with van der Waals surface area (Å²) in [5, 5.41) is 0.413. The number of hydrogen-bond donors (Lipinski definition) is 2. The van der Waals surface area contributed by atoms with Crippen molar-refractivity contribution in [1.29, 1.82) is 0 Å². The van der Waals surface area contributed by atoms with E-state index in [0.29, 0.717) is 17.0 Å². The van der Waals surface area contributed by atoms with Gasteiger partial charge in [0.05, 0.1) is 5.69 Å². The molecule has 0 aliphatic carbocycles. The molecule has 0 saturated carbocycles. The smallest absolute Gasteiger partial charge is 0.146 e. The lowest BCUT2D eigenvalue weighted by atomic mass is 9.90. The third-order valence-corrected chi connectivity index (χ3v) is 2.75. The minimum atomic E-state index is -0.619. The fraction of sp³-hybridized carbons (Fsp3) is 0.400. The van der Waals surface area contributed by atoms with Crippen LogP contribution in [0.5, 0.6) is 0 Å². The first-order valence-electron chi connectivity index (χ1n) is 4.42. The zero-order chi connectivity index (χ0) is 10.9. The van der Waals surface area contributed by atoms with Gasteiger partial charge in [-0.1, -0.05) is 18.5 Å². The van der Waals surface area contributed by atoms with E-state index in [1.165, 1.54) is 12.1 Å². The molecule has 0 amide bonds. The summed E-state index contributed by atoms with van der Waals surface area (Å²) in [6.07, 6.45) is 0.677. The Bertz CT molecular complexity index is 350. The van der Waals surface area contributed by atoms with Crippen LogP contribution in [0.25, 0.3) is 0 Å². The largest absolute Gasteiger partial charge is 0.396 e. The van der Waals surface area contributed by atoms with E-state index in [0.717, 1.165) is 0 Å². The van der Waals surface area contributed by atoms with Gasteiger partial charge in [-0.15, -0.1) is 0 Å². The second kappa shape index (κ2) is 3.75. The molecule has 0 heterocycles. The molecule has 0 bridgehead atoms. The quantitative estimate of drug-likeness (QED) is 0.747. The second-order valence-corrected chi connectivity index (χ2v) is 4.03. The Kier molecular flexibility index (Phi) is 3.02. The summed E-state index contributed by atoms with van der Waals surface area (Å²) in [6.45, 7) is 3.73. The number of nitrogens with two attached hydrogens (primary N) is 2. The van der Waals surface area contributed by atoms with Crippen molar-refractivity contribution in [3.8, 4) is 0 Å². The van der Waals surface area contributed by atoms with Crippen LogP contribution in [0.2, 0.25) is 5.02 Å². The Morgan fingerprint density at radius 3 is 2.57 bits per heavy atom. The van der Waals surface area contributed by atoms with Crippen LogP contribution in [0.1, 0.15) is 25.8 Å². The lowest BCUT2D eigenvalue weighted by molar-refractivity contribution is 0.472. The molecule has 0 radical (unpaired) electrons.